The van der Waals surface area contributed by atoms with Gasteiger partial charge in [0.2, 0.25) is 5.91 Å². The summed E-state index contributed by atoms with van der Waals surface area (Å²) in [5, 5.41) is 7.34. The highest BCUT2D eigenvalue weighted by Gasteiger charge is 2.05. The molecule has 0 unspecified atom stereocenters. The fourth-order valence-electron chi connectivity index (χ4n) is 2.30. The summed E-state index contributed by atoms with van der Waals surface area (Å²) in [6.07, 6.45) is 4.19. The molecule has 23 heavy (non-hydrogen) atoms. The Morgan fingerprint density at radius 1 is 1.09 bits per heavy atom. The number of aromatic nitrogens is 1. The van der Waals surface area contributed by atoms with Gasteiger partial charge in [0.05, 0.1) is 5.52 Å². The molecular formula is C17H25Cl2N3O. The Morgan fingerprint density at radius 2 is 1.87 bits per heavy atom. The van der Waals surface area contributed by atoms with Gasteiger partial charge in [-0.2, -0.15) is 0 Å². The van der Waals surface area contributed by atoms with E-state index in [-0.39, 0.29) is 30.7 Å². The first kappa shape index (κ1) is 21.6. The lowest BCUT2D eigenvalue weighted by Gasteiger charge is -2.07. The molecular weight excluding hydrogens is 333 g/mol. The average Bonchev–Trinajstić information content (AvgIpc) is 2.52. The van der Waals surface area contributed by atoms with Crippen molar-refractivity contribution in [3.05, 3.63) is 42.1 Å². The van der Waals surface area contributed by atoms with E-state index in [2.05, 4.69) is 28.6 Å². The maximum absolute atomic E-state index is 11.8. The number of aryl methyl sites for hydroxylation is 1. The van der Waals surface area contributed by atoms with E-state index in [0.29, 0.717) is 13.0 Å². The summed E-state index contributed by atoms with van der Waals surface area (Å²) in [5.74, 6) is 0.106. The minimum Gasteiger partial charge on any atom is -0.355 e. The quantitative estimate of drug-likeness (QED) is 0.713. The van der Waals surface area contributed by atoms with Gasteiger partial charge in [-0.3, -0.25) is 9.78 Å². The maximum Gasteiger partial charge on any atom is 0.220 e. The maximum atomic E-state index is 11.8. The second-order valence-corrected chi connectivity index (χ2v) is 5.09. The second-order valence-electron chi connectivity index (χ2n) is 5.09. The summed E-state index contributed by atoms with van der Waals surface area (Å²) in [6.45, 7) is 4.65. The Hall–Kier alpha value is -1.36. The van der Waals surface area contributed by atoms with Gasteiger partial charge in [-0.15, -0.1) is 24.8 Å². The fraction of sp³-hybridized carbons (Fsp3) is 0.412. The van der Waals surface area contributed by atoms with Crippen LogP contribution in [0.5, 0.6) is 0 Å². The van der Waals surface area contributed by atoms with Crippen molar-refractivity contribution in [2.24, 2.45) is 0 Å². The highest BCUT2D eigenvalue weighted by molar-refractivity contribution is 5.85. The van der Waals surface area contributed by atoms with Gasteiger partial charge in [0.1, 0.15) is 0 Å². The number of carbonyl (C=O) groups is 1. The lowest BCUT2D eigenvalue weighted by Crippen LogP contribution is -2.32. The second kappa shape index (κ2) is 12.1. The van der Waals surface area contributed by atoms with Crippen LogP contribution in [-0.4, -0.2) is 30.5 Å². The van der Waals surface area contributed by atoms with Gasteiger partial charge in [0.25, 0.3) is 0 Å². The fourth-order valence-corrected chi connectivity index (χ4v) is 2.30. The van der Waals surface area contributed by atoms with E-state index in [1.54, 1.807) is 0 Å². The van der Waals surface area contributed by atoms with Crippen LogP contribution >= 0.6 is 24.8 Å². The molecule has 128 valence electrons. The molecule has 0 aliphatic carbocycles. The van der Waals surface area contributed by atoms with Gasteiger partial charge in [-0.05, 0) is 37.1 Å². The highest BCUT2D eigenvalue weighted by atomic mass is 35.5. The predicted molar refractivity (Wildman–Crippen MR) is 101 cm³/mol. The van der Waals surface area contributed by atoms with E-state index < -0.39 is 0 Å². The number of halogens is 2. The smallest absolute Gasteiger partial charge is 0.220 e. The Balaban J connectivity index is 0.00000242. The molecule has 2 aromatic rings. The molecule has 0 aliphatic heterocycles. The van der Waals surface area contributed by atoms with Crippen molar-refractivity contribution in [2.75, 3.05) is 19.6 Å². The van der Waals surface area contributed by atoms with Crippen LogP contribution in [0.4, 0.5) is 0 Å². The number of hydrogen-bond donors (Lipinski definition) is 2. The number of carbonyl (C=O) groups excluding carboxylic acids is 1. The van der Waals surface area contributed by atoms with E-state index in [1.807, 2.05) is 30.5 Å². The summed E-state index contributed by atoms with van der Waals surface area (Å²) in [6, 6.07) is 10.0. The lowest BCUT2D eigenvalue weighted by atomic mass is 10.0. The summed E-state index contributed by atoms with van der Waals surface area (Å²) in [5.41, 5.74) is 2.17. The van der Waals surface area contributed by atoms with E-state index in [0.717, 1.165) is 36.8 Å². The first-order valence-corrected chi connectivity index (χ1v) is 7.61. The Kier molecular flexibility index (Phi) is 11.4. The monoisotopic (exact) mass is 357 g/mol. The van der Waals surface area contributed by atoms with Crippen molar-refractivity contribution in [2.45, 2.75) is 26.2 Å². The number of amides is 1. The largest absolute Gasteiger partial charge is 0.355 e. The Labute approximate surface area is 150 Å². The first-order valence-electron chi connectivity index (χ1n) is 7.61. The summed E-state index contributed by atoms with van der Waals surface area (Å²) in [4.78, 5) is 16.2. The third kappa shape index (κ3) is 7.16. The molecule has 6 heteroatoms. The van der Waals surface area contributed by atoms with Crippen molar-refractivity contribution in [3.63, 3.8) is 0 Å². The number of para-hydroxylation sites is 1. The normalized spacial score (nSPS) is 9.78. The molecule has 2 N–H and O–H groups in total. The molecule has 1 amide bonds. The average molecular weight is 358 g/mol. The summed E-state index contributed by atoms with van der Waals surface area (Å²) >= 11 is 0. The molecule has 4 nitrogen and oxygen atoms in total. The highest BCUT2D eigenvalue weighted by Crippen LogP contribution is 2.17. The van der Waals surface area contributed by atoms with Crippen molar-refractivity contribution < 1.29 is 4.79 Å². The number of fused-ring (bicyclic) bond motifs is 1. The molecule has 1 aromatic carbocycles. The molecule has 0 atom stereocenters. The zero-order chi connectivity index (χ0) is 14.9. The zero-order valence-corrected chi connectivity index (χ0v) is 15.0. The van der Waals surface area contributed by atoms with Crippen molar-refractivity contribution in [1.82, 2.24) is 15.6 Å². The Bertz CT molecular complexity index is 588. The topological polar surface area (TPSA) is 54.0 Å². The minimum atomic E-state index is 0. The molecule has 1 aromatic heterocycles. The van der Waals surface area contributed by atoms with Gasteiger partial charge in [0.15, 0.2) is 0 Å². The van der Waals surface area contributed by atoms with Crippen LogP contribution in [0.3, 0.4) is 0 Å². The number of rotatable bonds is 8. The predicted octanol–water partition coefficient (Wildman–Crippen LogP) is 3.13. The van der Waals surface area contributed by atoms with Crippen molar-refractivity contribution in [3.8, 4) is 0 Å². The molecule has 2 rings (SSSR count). The van der Waals surface area contributed by atoms with Crippen molar-refractivity contribution >= 4 is 41.6 Å². The van der Waals surface area contributed by atoms with Crippen molar-refractivity contribution in [1.29, 1.82) is 0 Å². The third-order valence-electron chi connectivity index (χ3n) is 3.41. The van der Waals surface area contributed by atoms with E-state index in [1.165, 1.54) is 5.56 Å². The van der Waals surface area contributed by atoms with Crippen LogP contribution in [0.15, 0.2) is 36.5 Å². The summed E-state index contributed by atoms with van der Waals surface area (Å²) < 4.78 is 0. The Morgan fingerprint density at radius 3 is 2.65 bits per heavy atom. The van der Waals surface area contributed by atoms with Crippen LogP contribution in [0, 0.1) is 0 Å². The third-order valence-corrected chi connectivity index (χ3v) is 3.41. The van der Waals surface area contributed by atoms with E-state index in [9.17, 15) is 4.79 Å². The molecule has 0 radical (unpaired) electrons. The minimum absolute atomic E-state index is 0. The van der Waals surface area contributed by atoms with Gasteiger partial charge in [-0.25, -0.2) is 0 Å². The standard InChI is InChI=1S/C17H23N3O.2ClH/c1-2-10-18-12-13-20-17(21)8-7-14-9-11-19-16-6-4-3-5-15(14)16;;/h3-6,9,11,18H,2,7-8,10,12-13H2,1H3,(H,20,21);2*1H. The first-order chi connectivity index (χ1) is 10.3. The van der Waals surface area contributed by atoms with E-state index >= 15 is 0 Å². The summed E-state index contributed by atoms with van der Waals surface area (Å²) in [7, 11) is 0. The van der Waals surface area contributed by atoms with E-state index in [4.69, 9.17) is 0 Å². The van der Waals surface area contributed by atoms with Crippen LogP contribution in [0.25, 0.3) is 10.9 Å². The zero-order valence-electron chi connectivity index (χ0n) is 13.4. The molecule has 0 fully saturated rings. The molecule has 0 aliphatic rings. The molecule has 0 spiro atoms. The molecule has 0 saturated carbocycles. The van der Waals surface area contributed by atoms with Gasteiger partial charge in [-0.1, -0.05) is 25.1 Å². The van der Waals surface area contributed by atoms with Gasteiger partial charge in [0, 0.05) is 31.1 Å². The van der Waals surface area contributed by atoms with Crippen LogP contribution in [0.2, 0.25) is 0 Å². The number of hydrogen-bond acceptors (Lipinski definition) is 3. The van der Waals surface area contributed by atoms with Gasteiger partial charge >= 0.3 is 0 Å². The lowest BCUT2D eigenvalue weighted by molar-refractivity contribution is -0.121. The number of nitrogens with zero attached hydrogens (tertiary/aromatic N) is 1. The van der Waals surface area contributed by atoms with Gasteiger partial charge < -0.3 is 10.6 Å². The molecule has 0 bridgehead atoms. The van der Waals surface area contributed by atoms with Crippen LogP contribution in [-0.2, 0) is 11.2 Å². The number of benzene rings is 1. The SMILES string of the molecule is CCCNCCNC(=O)CCc1ccnc2ccccc12.Cl.Cl. The molecule has 0 saturated heterocycles. The molecule has 1 heterocycles. The number of pyridine rings is 1. The van der Waals surface area contributed by atoms with Crippen LogP contribution in [0.1, 0.15) is 25.3 Å². The van der Waals surface area contributed by atoms with Crippen LogP contribution < -0.4 is 10.6 Å². The number of nitrogens with one attached hydrogen (secondary N) is 2.